The highest BCUT2D eigenvalue weighted by Crippen LogP contribution is 2.12. The quantitative estimate of drug-likeness (QED) is 0.532. The second-order valence-corrected chi connectivity index (χ2v) is 5.18. The Balaban J connectivity index is 1.60. The Morgan fingerprint density at radius 1 is 1.27 bits per heavy atom. The Morgan fingerprint density at radius 3 is 3.09 bits per heavy atom. The van der Waals surface area contributed by atoms with E-state index in [1.54, 1.807) is 12.3 Å². The van der Waals surface area contributed by atoms with Crippen LogP contribution in [-0.2, 0) is 6.54 Å². The van der Waals surface area contributed by atoms with Gasteiger partial charge >= 0.3 is 0 Å². The molecule has 0 aliphatic carbocycles. The van der Waals surface area contributed by atoms with Crippen LogP contribution in [0.2, 0.25) is 5.02 Å². The fourth-order valence-electron chi connectivity index (χ4n) is 2.21. The second kappa shape index (κ2) is 4.85. The molecule has 22 heavy (non-hydrogen) atoms. The van der Waals surface area contributed by atoms with Gasteiger partial charge in [-0.05, 0) is 12.1 Å². The van der Waals surface area contributed by atoms with Gasteiger partial charge in [-0.2, -0.15) is 10.1 Å². The molecule has 0 aromatic carbocycles. The molecule has 0 radical (unpaired) electrons. The van der Waals surface area contributed by atoms with E-state index in [1.165, 1.54) is 6.20 Å². The molecule has 4 aromatic rings. The highest BCUT2D eigenvalue weighted by molar-refractivity contribution is 6.30. The highest BCUT2D eigenvalue weighted by Gasteiger charge is 2.06. The summed E-state index contributed by atoms with van der Waals surface area (Å²) < 4.78 is 1.84. The number of imidazole rings is 1. The molecule has 0 saturated heterocycles. The van der Waals surface area contributed by atoms with Crippen molar-refractivity contribution in [1.82, 2.24) is 29.5 Å². The molecule has 110 valence electrons. The van der Waals surface area contributed by atoms with Crippen molar-refractivity contribution in [3.63, 3.8) is 0 Å². The van der Waals surface area contributed by atoms with Gasteiger partial charge in [0.05, 0.1) is 23.5 Å². The van der Waals surface area contributed by atoms with Crippen LogP contribution in [-0.4, -0.2) is 29.5 Å². The number of hydrogen-bond acceptors (Lipinski definition) is 5. The van der Waals surface area contributed by atoms with Crippen molar-refractivity contribution in [3.8, 4) is 0 Å². The first-order chi connectivity index (χ1) is 10.7. The van der Waals surface area contributed by atoms with E-state index in [4.69, 9.17) is 11.6 Å². The average molecular weight is 316 g/mol. The number of anilines is 1. The van der Waals surface area contributed by atoms with Gasteiger partial charge in [0, 0.05) is 12.4 Å². The van der Waals surface area contributed by atoms with Gasteiger partial charge in [-0.3, -0.25) is 14.9 Å². The summed E-state index contributed by atoms with van der Waals surface area (Å²) in [5.74, 6) is 0.358. The molecule has 0 fully saturated rings. The number of fused-ring (bicyclic) bond motifs is 2. The summed E-state index contributed by atoms with van der Waals surface area (Å²) in [7, 11) is 0. The molecule has 9 heteroatoms. The molecule has 0 aliphatic rings. The van der Waals surface area contributed by atoms with Gasteiger partial charge in [-0.25, -0.2) is 4.98 Å². The largest absolute Gasteiger partial charge is 0.350 e. The molecule has 0 spiro atoms. The van der Waals surface area contributed by atoms with Crippen molar-refractivity contribution in [2.45, 2.75) is 6.54 Å². The molecule has 0 unspecified atom stereocenters. The molecule has 4 heterocycles. The van der Waals surface area contributed by atoms with Crippen LogP contribution in [0, 0.1) is 0 Å². The highest BCUT2D eigenvalue weighted by atomic mass is 35.5. The van der Waals surface area contributed by atoms with Crippen molar-refractivity contribution < 1.29 is 0 Å². The van der Waals surface area contributed by atoms with Crippen molar-refractivity contribution >= 4 is 34.2 Å². The van der Waals surface area contributed by atoms with Gasteiger partial charge in [0.2, 0.25) is 5.95 Å². The predicted octanol–water partition coefficient (Wildman–Crippen LogP) is 1.56. The van der Waals surface area contributed by atoms with Gasteiger partial charge in [-0.1, -0.05) is 11.6 Å². The zero-order chi connectivity index (χ0) is 15.1. The number of nitrogens with one attached hydrogen (secondary N) is 3. The van der Waals surface area contributed by atoms with E-state index >= 15 is 0 Å². The summed E-state index contributed by atoms with van der Waals surface area (Å²) in [6, 6.07) is 3.62. The van der Waals surface area contributed by atoms with E-state index in [-0.39, 0.29) is 5.56 Å². The lowest BCUT2D eigenvalue weighted by Gasteiger charge is -2.02. The maximum Gasteiger partial charge on any atom is 0.263 e. The van der Waals surface area contributed by atoms with Crippen molar-refractivity contribution in [2.24, 2.45) is 0 Å². The Kier molecular flexibility index (Phi) is 2.83. The summed E-state index contributed by atoms with van der Waals surface area (Å²) in [6.45, 7) is 0.419. The SMILES string of the molecule is O=c1[nH]c(NCc2cn3cc(Cl)ccc3n2)nc2[nH]ncc12. The van der Waals surface area contributed by atoms with Crippen molar-refractivity contribution in [3.05, 3.63) is 51.8 Å². The molecule has 0 atom stereocenters. The lowest BCUT2D eigenvalue weighted by atomic mass is 10.4. The van der Waals surface area contributed by atoms with E-state index in [9.17, 15) is 4.79 Å². The summed E-state index contributed by atoms with van der Waals surface area (Å²) in [5, 5.41) is 10.6. The molecular weight excluding hydrogens is 306 g/mol. The first-order valence-electron chi connectivity index (χ1n) is 6.49. The monoisotopic (exact) mass is 315 g/mol. The maximum absolute atomic E-state index is 11.8. The van der Waals surface area contributed by atoms with Crippen LogP contribution in [0.15, 0.2) is 35.5 Å². The third-order valence-electron chi connectivity index (χ3n) is 3.22. The molecule has 3 N–H and O–H groups in total. The average Bonchev–Trinajstić information content (AvgIpc) is 3.10. The number of H-pyrrole nitrogens is 2. The Bertz CT molecular complexity index is 1030. The number of aromatic amines is 2. The van der Waals surface area contributed by atoms with Crippen LogP contribution in [0.4, 0.5) is 5.95 Å². The Labute approximate surface area is 128 Å². The summed E-state index contributed by atoms with van der Waals surface area (Å²) in [4.78, 5) is 23.2. The summed E-state index contributed by atoms with van der Waals surface area (Å²) in [5.41, 5.74) is 1.79. The molecule has 0 bridgehead atoms. The topological polar surface area (TPSA) is 104 Å². The first-order valence-corrected chi connectivity index (χ1v) is 6.87. The third kappa shape index (κ3) is 2.19. The lowest BCUT2D eigenvalue weighted by Crippen LogP contribution is -2.12. The number of hydrogen-bond donors (Lipinski definition) is 3. The van der Waals surface area contributed by atoms with Crippen LogP contribution >= 0.6 is 11.6 Å². The molecular formula is C13H10ClN7O. The molecule has 0 saturated carbocycles. The minimum atomic E-state index is -0.247. The fourth-order valence-corrected chi connectivity index (χ4v) is 2.37. The molecule has 8 nitrogen and oxygen atoms in total. The summed E-state index contributed by atoms with van der Waals surface area (Å²) in [6.07, 6.45) is 5.09. The van der Waals surface area contributed by atoms with Crippen LogP contribution in [0.1, 0.15) is 5.69 Å². The minimum absolute atomic E-state index is 0.247. The van der Waals surface area contributed by atoms with Crippen LogP contribution in [0.3, 0.4) is 0 Å². The molecule has 4 rings (SSSR count). The van der Waals surface area contributed by atoms with Crippen molar-refractivity contribution in [2.75, 3.05) is 5.32 Å². The van der Waals surface area contributed by atoms with E-state index in [1.807, 2.05) is 16.7 Å². The van der Waals surface area contributed by atoms with E-state index in [2.05, 4.69) is 30.5 Å². The van der Waals surface area contributed by atoms with Gasteiger partial charge in [0.15, 0.2) is 5.65 Å². The number of nitrogens with zero attached hydrogens (tertiary/aromatic N) is 4. The van der Waals surface area contributed by atoms with Gasteiger partial charge in [0.1, 0.15) is 11.0 Å². The number of pyridine rings is 1. The third-order valence-corrected chi connectivity index (χ3v) is 3.44. The van der Waals surface area contributed by atoms with E-state index in [0.29, 0.717) is 28.5 Å². The minimum Gasteiger partial charge on any atom is -0.350 e. The summed E-state index contributed by atoms with van der Waals surface area (Å²) >= 11 is 5.94. The van der Waals surface area contributed by atoms with Gasteiger partial charge < -0.3 is 9.72 Å². The Morgan fingerprint density at radius 2 is 2.18 bits per heavy atom. The van der Waals surface area contributed by atoms with Gasteiger partial charge in [0.25, 0.3) is 5.56 Å². The van der Waals surface area contributed by atoms with Crippen LogP contribution in [0.25, 0.3) is 16.7 Å². The van der Waals surface area contributed by atoms with Crippen LogP contribution < -0.4 is 10.9 Å². The van der Waals surface area contributed by atoms with E-state index < -0.39 is 0 Å². The molecule has 0 aliphatic heterocycles. The maximum atomic E-state index is 11.8. The predicted molar refractivity (Wildman–Crippen MR) is 82.0 cm³/mol. The number of halogens is 1. The fraction of sp³-hybridized carbons (Fsp3) is 0.0769. The number of aromatic nitrogens is 6. The Hall–Kier alpha value is -2.87. The molecule has 4 aromatic heterocycles. The standard InChI is InChI=1S/C13H10ClN7O/c14-7-1-2-10-17-8(6-21(10)5-7)3-15-13-18-11-9(4-16-20-11)12(22)19-13/h1-2,4-6H,3H2,(H3,15,16,18,19,20,22). The number of rotatable bonds is 3. The zero-order valence-electron chi connectivity index (χ0n) is 11.2. The van der Waals surface area contributed by atoms with Crippen LogP contribution in [0.5, 0.6) is 0 Å². The second-order valence-electron chi connectivity index (χ2n) is 4.75. The zero-order valence-corrected chi connectivity index (χ0v) is 11.9. The normalized spacial score (nSPS) is 11.3. The smallest absolute Gasteiger partial charge is 0.263 e. The van der Waals surface area contributed by atoms with E-state index in [0.717, 1.165) is 11.3 Å². The van der Waals surface area contributed by atoms with Gasteiger partial charge in [-0.15, -0.1) is 0 Å². The first kappa shape index (κ1) is 12.8. The molecule has 0 amide bonds. The lowest BCUT2D eigenvalue weighted by molar-refractivity contribution is 1.01. The van der Waals surface area contributed by atoms with Crippen molar-refractivity contribution in [1.29, 1.82) is 0 Å².